The first-order valence-electron chi connectivity index (χ1n) is 10.6. The van der Waals surface area contributed by atoms with Crippen LogP contribution in [0.3, 0.4) is 0 Å². The average molecular weight is 563 g/mol. The van der Waals surface area contributed by atoms with E-state index in [1.807, 2.05) is 12.1 Å². The van der Waals surface area contributed by atoms with Crippen LogP contribution >= 0.6 is 17.0 Å². The molecule has 0 radical (unpaired) electrons. The molecule has 0 aliphatic carbocycles. The number of hydrogen-bond acceptors (Lipinski definition) is 0. The van der Waals surface area contributed by atoms with Gasteiger partial charge in [-0.3, -0.25) is 0 Å². The molecule has 0 aliphatic heterocycles. The number of rotatable bonds is 0. The smallest absolute Gasteiger partial charge is 0.358 e. The van der Waals surface area contributed by atoms with Gasteiger partial charge in [-0.1, -0.05) is 83.9 Å². The Labute approximate surface area is 217 Å². The first kappa shape index (κ1) is 32.0. The fourth-order valence-electron chi connectivity index (χ4n) is 3.43. The molecular formula is C30H40Cl2Zr-4. The van der Waals surface area contributed by atoms with Crippen LogP contribution in [0.15, 0.2) is 66.7 Å². The fourth-order valence-corrected chi connectivity index (χ4v) is 3.43. The largest absolute Gasteiger partial charge is 0.358 e. The summed E-state index contributed by atoms with van der Waals surface area (Å²) in [4.78, 5) is 0. The Hall–Kier alpha value is -1.01. The summed E-state index contributed by atoms with van der Waals surface area (Å²) in [6.45, 7) is 15.7. The second-order valence-electron chi connectivity index (χ2n) is 10.0. The molecule has 4 aromatic carbocycles. The minimum absolute atomic E-state index is 0. The van der Waals surface area contributed by atoms with E-state index < -0.39 is 18.9 Å². The van der Waals surface area contributed by atoms with Gasteiger partial charge in [-0.05, 0) is 10.8 Å². The van der Waals surface area contributed by atoms with Crippen LogP contribution in [0.4, 0.5) is 0 Å². The van der Waals surface area contributed by atoms with E-state index in [2.05, 4.69) is 107 Å². The van der Waals surface area contributed by atoms with Crippen molar-refractivity contribution in [2.45, 2.75) is 59.3 Å². The van der Waals surface area contributed by atoms with E-state index in [1.54, 1.807) is 0 Å². The third kappa shape index (κ3) is 9.64. The van der Waals surface area contributed by atoms with Crippen LogP contribution in [0.25, 0.3) is 21.5 Å². The van der Waals surface area contributed by atoms with Gasteiger partial charge in [0, 0.05) is 0 Å². The van der Waals surface area contributed by atoms with Gasteiger partial charge >= 0.3 is 40.1 Å². The summed E-state index contributed by atoms with van der Waals surface area (Å²) in [5, 5.41) is 5.48. The second kappa shape index (κ2) is 13.2. The van der Waals surface area contributed by atoms with Crippen molar-refractivity contribution in [1.29, 1.82) is 0 Å². The molecule has 0 saturated heterocycles. The van der Waals surface area contributed by atoms with Gasteiger partial charge in [0.15, 0.2) is 0 Å². The van der Waals surface area contributed by atoms with E-state index in [4.69, 9.17) is 17.0 Å². The monoisotopic (exact) mass is 560 g/mol. The first-order chi connectivity index (χ1) is 14.3. The second-order valence-corrected chi connectivity index (χ2v) is 18.3. The van der Waals surface area contributed by atoms with Crippen molar-refractivity contribution in [3.05, 3.63) is 98.3 Å². The molecule has 0 amide bonds. The zero-order valence-electron chi connectivity index (χ0n) is 21.8. The molecule has 0 atom stereocenters. The molecule has 0 bridgehead atoms. The summed E-state index contributed by atoms with van der Waals surface area (Å²) in [6, 6.07) is 24.4. The first-order valence-corrected chi connectivity index (χ1v) is 18.7. The molecule has 3 heteroatoms. The molecule has 0 N–H and O–H groups in total. The van der Waals surface area contributed by atoms with Crippen LogP contribution in [0.2, 0.25) is 0 Å². The molecule has 0 heterocycles. The maximum atomic E-state index is 5.13. The van der Waals surface area contributed by atoms with Crippen molar-refractivity contribution in [2.75, 3.05) is 0 Å². The number of hydrogen-bond donors (Lipinski definition) is 0. The minimum Gasteiger partial charge on any atom is -0.358 e. The maximum absolute atomic E-state index is 5.13. The van der Waals surface area contributed by atoms with Crippen LogP contribution in [0, 0.1) is 21.8 Å². The molecule has 0 spiro atoms. The molecule has 0 nitrogen and oxygen atoms in total. The number of benzene rings is 2. The van der Waals surface area contributed by atoms with Crippen molar-refractivity contribution < 1.29 is 18.9 Å². The van der Waals surface area contributed by atoms with Crippen LogP contribution in [0.5, 0.6) is 0 Å². The summed E-state index contributed by atoms with van der Waals surface area (Å²) >= 11 is -1.85. The van der Waals surface area contributed by atoms with Gasteiger partial charge in [0.1, 0.15) is 0 Å². The van der Waals surface area contributed by atoms with Gasteiger partial charge in [-0.25, -0.2) is 11.6 Å². The normalized spacial score (nSPS) is 10.8. The molecule has 0 aliphatic rings. The topological polar surface area (TPSA) is 0 Å². The van der Waals surface area contributed by atoms with E-state index in [1.165, 1.54) is 38.2 Å². The minimum atomic E-state index is -1.85. The summed E-state index contributed by atoms with van der Waals surface area (Å²) in [5.41, 5.74) is 4.56. The summed E-state index contributed by atoms with van der Waals surface area (Å²) in [6.07, 6.45) is 0. The van der Waals surface area contributed by atoms with Crippen LogP contribution in [-0.4, -0.2) is 4.21 Å². The van der Waals surface area contributed by atoms with Crippen molar-refractivity contribution in [1.82, 2.24) is 0 Å². The molecular weight excluding hydrogens is 522 g/mol. The molecule has 0 saturated carbocycles. The predicted octanol–water partition coefficient (Wildman–Crippen LogP) is 10.3. The number of fused-ring (bicyclic) bond motifs is 3. The number of halogens is 2. The van der Waals surface area contributed by atoms with Gasteiger partial charge in [0.2, 0.25) is 0 Å². The Balaban J connectivity index is 0.000000718. The van der Waals surface area contributed by atoms with Crippen LogP contribution < -0.4 is 0 Å². The van der Waals surface area contributed by atoms with Gasteiger partial charge < -0.3 is 14.9 Å². The standard InChI is InChI=1S/C21H25.C6H7.2CH3.CH2.2ClH.Zr/c1-20(2,3)16-7-9-18-14(12-16)11-15-13-17(21(4,5)6)8-10-19(15)18;1-6-4-2-3-5-6;;;;;;/h7-13H,1-6H3;2-5H,1H3;2*1H3;1H2;2*1H;/q4*-1;;;;+2/p-2. The van der Waals surface area contributed by atoms with Gasteiger partial charge in [-0.2, -0.15) is 18.2 Å². The van der Waals surface area contributed by atoms with E-state index in [-0.39, 0.29) is 25.7 Å². The zero-order valence-corrected chi connectivity index (χ0v) is 25.8. The van der Waals surface area contributed by atoms with E-state index >= 15 is 0 Å². The summed E-state index contributed by atoms with van der Waals surface area (Å²) < 4.78 is 3.37. The van der Waals surface area contributed by atoms with Crippen LogP contribution in [0.1, 0.15) is 58.2 Å². The van der Waals surface area contributed by atoms with Gasteiger partial charge in [-0.15, -0.1) is 39.7 Å². The molecule has 0 fully saturated rings. The van der Waals surface area contributed by atoms with Gasteiger partial charge in [0.05, 0.1) is 0 Å². The van der Waals surface area contributed by atoms with E-state index in [0.29, 0.717) is 0 Å². The Morgan fingerprint density at radius 2 is 1.15 bits per heavy atom. The fraction of sp³-hybridized carbons (Fsp3) is 0.300. The molecule has 0 unspecified atom stereocenters. The third-order valence-electron chi connectivity index (χ3n) is 5.27. The molecule has 33 heavy (non-hydrogen) atoms. The van der Waals surface area contributed by atoms with Crippen molar-refractivity contribution in [3.63, 3.8) is 0 Å². The molecule has 182 valence electrons. The SMILES string of the molecule is CC(C)(C)c1ccc2c(c1)[cH-]c1cc(C(C)(C)C)ccc12.Cc1cc[cH-]c1.[CH2]=[Zr]([Cl])[Cl].[CH3-].[CH3-]. The summed E-state index contributed by atoms with van der Waals surface area (Å²) in [5.74, 6) is 0. The Morgan fingerprint density at radius 1 is 0.758 bits per heavy atom. The maximum Gasteiger partial charge on any atom is -0.358 e. The van der Waals surface area contributed by atoms with Crippen molar-refractivity contribution in [2.24, 2.45) is 0 Å². The number of aryl methyl sites for hydroxylation is 1. The van der Waals surface area contributed by atoms with Gasteiger partial charge in [0.25, 0.3) is 0 Å². The zero-order chi connectivity index (χ0) is 23.4. The Kier molecular flexibility index (Phi) is 12.8. The van der Waals surface area contributed by atoms with Crippen molar-refractivity contribution >= 4 is 42.8 Å². The molecule has 4 rings (SSSR count). The van der Waals surface area contributed by atoms with Crippen LogP contribution in [-0.2, 0) is 29.7 Å². The van der Waals surface area contributed by atoms with Crippen molar-refractivity contribution in [3.8, 4) is 0 Å². The Morgan fingerprint density at radius 3 is 1.39 bits per heavy atom. The molecule has 0 aromatic heterocycles. The average Bonchev–Trinajstić information content (AvgIpc) is 3.25. The van der Waals surface area contributed by atoms with E-state index in [9.17, 15) is 0 Å². The van der Waals surface area contributed by atoms with E-state index in [0.717, 1.165) is 0 Å². The summed E-state index contributed by atoms with van der Waals surface area (Å²) in [7, 11) is 10.3. The quantitative estimate of drug-likeness (QED) is 0.187. The predicted molar refractivity (Wildman–Crippen MR) is 153 cm³/mol. The molecule has 4 aromatic rings. The Bertz CT molecular complexity index is 1060. The third-order valence-corrected chi connectivity index (χ3v) is 5.27.